The molecule has 156 valence electrons. The van der Waals surface area contributed by atoms with Gasteiger partial charge >= 0.3 is 21.7 Å². The maximum atomic E-state index is 11.9. The number of halogens is 3. The van der Waals surface area contributed by atoms with E-state index in [1.807, 2.05) is 0 Å². The molecule has 0 aromatic heterocycles. The van der Waals surface area contributed by atoms with Crippen molar-refractivity contribution in [2.75, 3.05) is 0 Å². The van der Waals surface area contributed by atoms with Crippen molar-refractivity contribution in [3.63, 3.8) is 0 Å². The summed E-state index contributed by atoms with van der Waals surface area (Å²) in [5.74, 6) is -1.59. The zero-order chi connectivity index (χ0) is 21.5. The van der Waals surface area contributed by atoms with Crippen molar-refractivity contribution in [2.24, 2.45) is 0 Å². The summed E-state index contributed by atoms with van der Waals surface area (Å²) in [5, 5.41) is 30.8. The van der Waals surface area contributed by atoms with Gasteiger partial charge in [-0.3, -0.25) is 0 Å². The first-order chi connectivity index (χ1) is 13.9. The second-order valence-electron chi connectivity index (χ2n) is 5.93. The van der Waals surface area contributed by atoms with Crippen LogP contribution in [0.5, 0.6) is 17.2 Å². The van der Waals surface area contributed by atoms with Gasteiger partial charge in [0.05, 0.1) is 0 Å². The molecule has 3 aromatic rings. The second-order valence-corrected chi connectivity index (χ2v) is 5.93. The summed E-state index contributed by atoms with van der Waals surface area (Å²) in [7, 11) is 0. The Morgan fingerprint density at radius 3 is 0.867 bits per heavy atom. The molecule has 3 aromatic carbocycles. The average molecular weight is 450 g/mol. The number of benzene rings is 3. The van der Waals surface area contributed by atoms with Crippen LogP contribution in [-0.2, 0) is 21.7 Å². The molecule has 0 N–H and O–H groups in total. The van der Waals surface area contributed by atoms with Crippen molar-refractivity contribution in [2.45, 2.75) is 25.7 Å². The van der Waals surface area contributed by atoms with Crippen LogP contribution in [-0.4, -0.2) is 0 Å². The smallest absolute Gasteiger partial charge is 0.872 e. The molecule has 1 aliphatic carbocycles. The second kappa shape index (κ2) is 16.4. The first-order valence-electron chi connectivity index (χ1n) is 8.96. The minimum Gasteiger partial charge on any atom is -0.872 e. The average Bonchev–Trinajstić information content (AvgIpc) is 3.30. The minimum atomic E-state index is -0.371. The Bertz CT molecular complexity index is 617. The van der Waals surface area contributed by atoms with E-state index in [1.165, 1.54) is 62.1 Å². The van der Waals surface area contributed by atoms with Crippen LogP contribution in [0.25, 0.3) is 0 Å². The van der Waals surface area contributed by atoms with Crippen LogP contribution in [0.3, 0.4) is 0 Å². The first-order valence-corrected chi connectivity index (χ1v) is 8.96. The van der Waals surface area contributed by atoms with Crippen molar-refractivity contribution in [1.82, 2.24) is 0 Å². The predicted molar refractivity (Wildman–Crippen MR) is 100 cm³/mol. The molecule has 30 heavy (non-hydrogen) atoms. The van der Waals surface area contributed by atoms with E-state index in [0.29, 0.717) is 0 Å². The third kappa shape index (κ3) is 14.5. The number of rotatable bonds is 0. The van der Waals surface area contributed by atoms with Gasteiger partial charge in [-0.05, 0) is 36.4 Å². The van der Waals surface area contributed by atoms with Gasteiger partial charge in [0.25, 0.3) is 0 Å². The van der Waals surface area contributed by atoms with Crippen molar-refractivity contribution >= 4 is 0 Å². The third-order valence-electron chi connectivity index (χ3n) is 3.51. The summed E-state index contributed by atoms with van der Waals surface area (Å²) in [6.45, 7) is 0. The monoisotopic (exact) mass is 450 g/mol. The molecule has 0 aliphatic heterocycles. The van der Waals surface area contributed by atoms with E-state index in [4.69, 9.17) is 0 Å². The Morgan fingerprint density at radius 1 is 0.500 bits per heavy atom. The van der Waals surface area contributed by atoms with Gasteiger partial charge in [0.2, 0.25) is 0 Å². The largest absolute Gasteiger partial charge is 4.00 e. The molecule has 3 nitrogen and oxygen atoms in total. The van der Waals surface area contributed by atoms with Crippen LogP contribution in [0.1, 0.15) is 25.7 Å². The van der Waals surface area contributed by atoms with E-state index >= 15 is 0 Å². The summed E-state index contributed by atoms with van der Waals surface area (Å²) in [4.78, 5) is 0. The molecular weight excluding hydrogens is 429 g/mol. The summed E-state index contributed by atoms with van der Waals surface area (Å²) >= 11 is 0. The van der Waals surface area contributed by atoms with E-state index in [2.05, 4.69) is 6.42 Å². The fraction of sp³-hybridized carbons (Fsp3) is 0.174. The molecular formula is C23H21F3O3Ti. The van der Waals surface area contributed by atoms with Gasteiger partial charge in [-0.15, -0.1) is 17.2 Å². The Morgan fingerprint density at radius 2 is 0.733 bits per heavy atom. The van der Waals surface area contributed by atoms with Gasteiger partial charge in [0.1, 0.15) is 17.5 Å². The molecule has 0 radical (unpaired) electrons. The summed E-state index contributed by atoms with van der Waals surface area (Å²) in [6.07, 6.45) is 8.00. The molecule has 0 atom stereocenters. The van der Waals surface area contributed by atoms with Crippen LogP contribution in [0.15, 0.2) is 72.8 Å². The van der Waals surface area contributed by atoms with E-state index < -0.39 is 0 Å². The van der Waals surface area contributed by atoms with Crippen molar-refractivity contribution in [3.8, 4) is 17.2 Å². The Kier molecular flexibility index (Phi) is 15.0. The zero-order valence-electron chi connectivity index (χ0n) is 16.2. The topological polar surface area (TPSA) is 69.2 Å². The summed E-state index contributed by atoms with van der Waals surface area (Å²) in [6, 6.07) is 14.0. The van der Waals surface area contributed by atoms with Gasteiger partial charge in [0, 0.05) is 0 Å². The van der Waals surface area contributed by atoms with E-state index in [1.54, 1.807) is 0 Å². The SMILES string of the molecule is [CH-]1CCCC1.[O-]c1ccc(F)cc1.[O-]c1ccc(F)cc1.[O-]c1ccc(F)cc1.[Ti+4]. The quantitative estimate of drug-likeness (QED) is 0.375. The molecule has 0 unspecified atom stereocenters. The molecule has 1 saturated carbocycles. The fourth-order valence-electron chi connectivity index (χ4n) is 2.03. The Labute approximate surface area is 189 Å². The van der Waals surface area contributed by atoms with Crippen molar-refractivity contribution in [3.05, 3.63) is 96.7 Å². The molecule has 4 rings (SSSR count). The van der Waals surface area contributed by atoms with Crippen molar-refractivity contribution in [1.29, 1.82) is 0 Å². The first kappa shape index (κ1) is 27.6. The van der Waals surface area contributed by atoms with Gasteiger partial charge in [-0.1, -0.05) is 49.2 Å². The number of hydrogen-bond acceptors (Lipinski definition) is 3. The Balaban J connectivity index is 0.000000374. The maximum absolute atomic E-state index is 11.9. The molecule has 0 saturated heterocycles. The van der Waals surface area contributed by atoms with Gasteiger partial charge in [-0.25, -0.2) is 13.2 Å². The molecule has 0 bridgehead atoms. The molecule has 1 aliphatic rings. The van der Waals surface area contributed by atoms with Crippen LogP contribution in [0.4, 0.5) is 13.2 Å². The molecule has 1 fully saturated rings. The standard InChI is InChI=1S/3C6H5FO.C5H9.Ti/c3*7-5-1-3-6(8)4-2-5;1-2-4-5-3-1;/h3*1-4,8H;1H,2-5H2;/q;;;-1;+4/p-3. The van der Waals surface area contributed by atoms with Crippen LogP contribution in [0, 0.1) is 23.9 Å². The Hall–Kier alpha value is -2.44. The van der Waals surface area contributed by atoms with E-state index in [9.17, 15) is 28.5 Å². The van der Waals surface area contributed by atoms with Gasteiger partial charge < -0.3 is 21.7 Å². The predicted octanol–water partition coefficient (Wildman–Crippen LogP) is 4.46. The van der Waals surface area contributed by atoms with Gasteiger partial charge in [-0.2, -0.15) is 12.8 Å². The molecule has 0 amide bonds. The molecule has 7 heteroatoms. The van der Waals surface area contributed by atoms with E-state index in [-0.39, 0.29) is 56.4 Å². The van der Waals surface area contributed by atoms with Crippen LogP contribution in [0.2, 0.25) is 0 Å². The van der Waals surface area contributed by atoms with Crippen molar-refractivity contribution < 1.29 is 50.2 Å². The van der Waals surface area contributed by atoms with Crippen LogP contribution >= 0.6 is 0 Å². The molecule has 0 heterocycles. The summed E-state index contributed by atoms with van der Waals surface area (Å²) < 4.78 is 35.8. The third-order valence-corrected chi connectivity index (χ3v) is 3.51. The van der Waals surface area contributed by atoms with E-state index in [0.717, 1.165) is 36.4 Å². The maximum Gasteiger partial charge on any atom is 4.00 e. The van der Waals surface area contributed by atoms with Crippen LogP contribution < -0.4 is 15.3 Å². The molecule has 0 spiro atoms. The number of hydrogen-bond donors (Lipinski definition) is 0. The summed E-state index contributed by atoms with van der Waals surface area (Å²) in [5.41, 5.74) is 0. The normalized spacial score (nSPS) is 11.3. The minimum absolute atomic E-state index is 0. The zero-order valence-corrected chi connectivity index (χ0v) is 17.8. The van der Waals surface area contributed by atoms with Gasteiger partial charge in [0.15, 0.2) is 0 Å². The fourth-order valence-corrected chi connectivity index (χ4v) is 2.03.